The average Bonchev–Trinajstić information content (AvgIpc) is 2.86. The van der Waals surface area contributed by atoms with Crippen LogP contribution in [0.5, 0.6) is 0 Å². The van der Waals surface area contributed by atoms with Gasteiger partial charge in [0.1, 0.15) is 6.61 Å². The summed E-state index contributed by atoms with van der Waals surface area (Å²) in [5.41, 5.74) is 0.941. The zero-order valence-electron chi connectivity index (χ0n) is 13.6. The lowest BCUT2D eigenvalue weighted by Gasteiger charge is -2.40. The molecular weight excluding hydrogens is 292 g/mol. The van der Waals surface area contributed by atoms with E-state index in [2.05, 4.69) is 0 Å². The van der Waals surface area contributed by atoms with Crippen molar-refractivity contribution in [3.05, 3.63) is 35.9 Å². The molecule has 5 nitrogen and oxygen atoms in total. The van der Waals surface area contributed by atoms with Gasteiger partial charge in [0.15, 0.2) is 6.10 Å². The maximum Gasteiger partial charge on any atom is 0.254 e. The predicted molar refractivity (Wildman–Crippen MR) is 86.7 cm³/mol. The third-order valence-corrected chi connectivity index (χ3v) is 4.79. The molecule has 3 rings (SSSR count). The first-order valence-electron chi connectivity index (χ1n) is 8.39. The Balaban J connectivity index is 1.85. The van der Waals surface area contributed by atoms with Crippen LogP contribution in [0, 0.1) is 0 Å². The summed E-state index contributed by atoms with van der Waals surface area (Å²) in [5.74, 6) is -0.0705. The molecule has 0 saturated carbocycles. The lowest BCUT2D eigenvalue weighted by Crippen LogP contribution is -2.54. The number of rotatable bonds is 2. The first-order valence-corrected chi connectivity index (χ1v) is 8.39. The zero-order valence-corrected chi connectivity index (χ0v) is 13.6. The lowest BCUT2D eigenvalue weighted by molar-refractivity contribution is -0.167. The average molecular weight is 316 g/mol. The van der Waals surface area contributed by atoms with E-state index < -0.39 is 6.10 Å². The van der Waals surface area contributed by atoms with Crippen LogP contribution in [0.2, 0.25) is 0 Å². The molecular formula is C18H24N2O3. The highest BCUT2D eigenvalue weighted by Crippen LogP contribution is 2.30. The number of hydrogen-bond donors (Lipinski definition) is 0. The molecule has 0 radical (unpaired) electrons. The Morgan fingerprint density at radius 1 is 1.09 bits per heavy atom. The fourth-order valence-corrected chi connectivity index (χ4v) is 3.44. The smallest absolute Gasteiger partial charge is 0.254 e. The van der Waals surface area contributed by atoms with Crippen molar-refractivity contribution in [3.63, 3.8) is 0 Å². The Kier molecular flexibility index (Phi) is 4.96. The molecule has 2 aliphatic heterocycles. The Morgan fingerprint density at radius 2 is 1.74 bits per heavy atom. The summed E-state index contributed by atoms with van der Waals surface area (Å²) in [6.07, 6.45) is 3.83. The predicted octanol–water partition coefficient (Wildman–Crippen LogP) is 1.99. The number of carbonyl (C=O) groups excluding carboxylic acids is 2. The maximum atomic E-state index is 13.0. The monoisotopic (exact) mass is 316 g/mol. The summed E-state index contributed by atoms with van der Waals surface area (Å²) in [6, 6.07) is 9.33. The van der Waals surface area contributed by atoms with Crippen molar-refractivity contribution in [3.8, 4) is 0 Å². The van der Waals surface area contributed by atoms with Crippen molar-refractivity contribution < 1.29 is 14.3 Å². The third kappa shape index (κ3) is 3.39. The van der Waals surface area contributed by atoms with Gasteiger partial charge in [-0.2, -0.15) is 0 Å². The standard InChI is InChI=1S/C18H24N2O3/c1-19-15(21)13-23-17(16(19)14-9-5-4-6-10-14)18(22)20-11-7-2-3-8-12-20/h4-6,9-10,16-17H,2-3,7-8,11-13H2,1H3/t16-,17-/m0/s1. The van der Waals surface area contributed by atoms with E-state index in [1.165, 1.54) is 12.8 Å². The minimum Gasteiger partial charge on any atom is -0.356 e. The first kappa shape index (κ1) is 16.0. The molecule has 0 unspecified atom stereocenters. The maximum absolute atomic E-state index is 13.0. The molecule has 2 heterocycles. The molecule has 2 saturated heterocycles. The Bertz CT molecular complexity index is 553. The third-order valence-electron chi connectivity index (χ3n) is 4.79. The molecule has 1 aromatic rings. The van der Waals surface area contributed by atoms with E-state index in [1.54, 1.807) is 11.9 Å². The Labute approximate surface area is 137 Å². The number of likely N-dealkylation sites (N-methyl/N-ethyl adjacent to an activating group) is 1. The van der Waals surface area contributed by atoms with Gasteiger partial charge in [-0.25, -0.2) is 0 Å². The Hall–Kier alpha value is -1.88. The molecule has 0 N–H and O–H groups in total. The largest absolute Gasteiger partial charge is 0.356 e. The van der Waals surface area contributed by atoms with Crippen LogP contribution in [0.1, 0.15) is 37.3 Å². The molecule has 0 bridgehead atoms. The number of hydrogen-bond acceptors (Lipinski definition) is 3. The highest BCUT2D eigenvalue weighted by atomic mass is 16.5. The number of morpholine rings is 1. The van der Waals surface area contributed by atoms with Gasteiger partial charge in [-0.1, -0.05) is 43.2 Å². The molecule has 2 amide bonds. The van der Waals surface area contributed by atoms with Crippen LogP contribution in [0.3, 0.4) is 0 Å². The molecule has 2 fully saturated rings. The second kappa shape index (κ2) is 7.13. The highest BCUT2D eigenvalue weighted by molar-refractivity contribution is 5.86. The van der Waals surface area contributed by atoms with Crippen LogP contribution in [-0.2, 0) is 14.3 Å². The van der Waals surface area contributed by atoms with Gasteiger partial charge >= 0.3 is 0 Å². The minimum absolute atomic E-state index is 0.0140. The van der Waals surface area contributed by atoms with E-state index in [0.717, 1.165) is 31.5 Å². The van der Waals surface area contributed by atoms with E-state index in [9.17, 15) is 9.59 Å². The van der Waals surface area contributed by atoms with Gasteiger partial charge in [0, 0.05) is 20.1 Å². The quantitative estimate of drug-likeness (QED) is 0.838. The van der Waals surface area contributed by atoms with E-state index in [0.29, 0.717) is 0 Å². The number of ether oxygens (including phenoxy) is 1. The van der Waals surface area contributed by atoms with E-state index in [4.69, 9.17) is 4.74 Å². The summed E-state index contributed by atoms with van der Waals surface area (Å²) < 4.78 is 5.70. The van der Waals surface area contributed by atoms with Crippen molar-refractivity contribution in [2.24, 2.45) is 0 Å². The van der Waals surface area contributed by atoms with Gasteiger partial charge in [-0.15, -0.1) is 0 Å². The minimum atomic E-state index is -0.613. The highest BCUT2D eigenvalue weighted by Gasteiger charge is 2.41. The van der Waals surface area contributed by atoms with Gasteiger partial charge in [0.25, 0.3) is 5.91 Å². The normalized spacial score (nSPS) is 26.0. The van der Waals surface area contributed by atoms with Crippen molar-refractivity contribution in [2.45, 2.75) is 37.8 Å². The number of nitrogens with zero attached hydrogens (tertiary/aromatic N) is 2. The van der Waals surface area contributed by atoms with Gasteiger partial charge < -0.3 is 14.5 Å². The van der Waals surface area contributed by atoms with Crippen molar-refractivity contribution in [2.75, 3.05) is 26.7 Å². The van der Waals surface area contributed by atoms with Crippen LogP contribution in [-0.4, -0.2) is 54.5 Å². The molecule has 1 aromatic carbocycles. The fraction of sp³-hybridized carbons (Fsp3) is 0.556. The van der Waals surface area contributed by atoms with Crippen molar-refractivity contribution in [1.29, 1.82) is 0 Å². The fourth-order valence-electron chi connectivity index (χ4n) is 3.44. The van der Waals surface area contributed by atoms with Gasteiger partial charge in [0.05, 0.1) is 6.04 Å². The Morgan fingerprint density at radius 3 is 2.39 bits per heavy atom. The van der Waals surface area contributed by atoms with E-state index in [-0.39, 0.29) is 24.5 Å². The van der Waals surface area contributed by atoms with Crippen LogP contribution in [0.25, 0.3) is 0 Å². The summed E-state index contributed by atoms with van der Waals surface area (Å²) in [7, 11) is 1.76. The lowest BCUT2D eigenvalue weighted by atomic mass is 9.97. The second-order valence-corrected chi connectivity index (χ2v) is 6.33. The molecule has 23 heavy (non-hydrogen) atoms. The zero-order chi connectivity index (χ0) is 16.2. The molecule has 5 heteroatoms. The number of amides is 2. The summed E-state index contributed by atoms with van der Waals surface area (Å²) in [4.78, 5) is 28.6. The number of carbonyl (C=O) groups is 2. The number of benzene rings is 1. The molecule has 0 spiro atoms. The van der Waals surface area contributed by atoms with Crippen LogP contribution < -0.4 is 0 Å². The molecule has 0 aliphatic carbocycles. The van der Waals surface area contributed by atoms with Crippen LogP contribution in [0.4, 0.5) is 0 Å². The summed E-state index contributed by atoms with van der Waals surface area (Å²) in [6.45, 7) is 1.56. The van der Waals surface area contributed by atoms with Gasteiger partial charge in [-0.05, 0) is 18.4 Å². The van der Waals surface area contributed by atoms with E-state index >= 15 is 0 Å². The van der Waals surface area contributed by atoms with Crippen LogP contribution in [0.15, 0.2) is 30.3 Å². The van der Waals surface area contributed by atoms with Crippen molar-refractivity contribution in [1.82, 2.24) is 9.80 Å². The number of likely N-dealkylation sites (tertiary alicyclic amines) is 1. The first-order chi connectivity index (χ1) is 11.2. The summed E-state index contributed by atoms with van der Waals surface area (Å²) in [5, 5.41) is 0. The molecule has 2 aliphatic rings. The van der Waals surface area contributed by atoms with Gasteiger partial charge in [-0.3, -0.25) is 9.59 Å². The molecule has 2 atom stereocenters. The van der Waals surface area contributed by atoms with Crippen LogP contribution >= 0.6 is 0 Å². The van der Waals surface area contributed by atoms with Gasteiger partial charge in [0.2, 0.25) is 5.91 Å². The SMILES string of the molecule is CN1C(=O)CO[C@H](C(=O)N2CCCCCC2)[C@@H]1c1ccccc1. The molecule has 0 aromatic heterocycles. The second-order valence-electron chi connectivity index (χ2n) is 6.33. The molecule has 124 valence electrons. The summed E-state index contributed by atoms with van der Waals surface area (Å²) >= 11 is 0. The van der Waals surface area contributed by atoms with E-state index in [1.807, 2.05) is 35.2 Å². The topological polar surface area (TPSA) is 49.9 Å². The van der Waals surface area contributed by atoms with Crippen molar-refractivity contribution >= 4 is 11.8 Å².